The molecule has 0 aliphatic rings. The van der Waals surface area contributed by atoms with Crippen LogP contribution in [0.25, 0.3) is 5.57 Å². The Labute approximate surface area is 442 Å². The van der Waals surface area contributed by atoms with Gasteiger partial charge in [-0.15, -0.1) is 5.73 Å². The highest BCUT2D eigenvalue weighted by Crippen LogP contribution is 2.43. The molecule has 0 heteroatoms. The van der Waals surface area contributed by atoms with Crippen LogP contribution in [0.2, 0.25) is 0 Å². The van der Waals surface area contributed by atoms with Gasteiger partial charge >= 0.3 is 0 Å². The standard InChI is InChI=1S/C58H60.C8H12.C7H8/c1-7-26-45(9-3)54(47-28-16-11-17-29-47)40-44(6)57(46(10-4)27-8-2)58-52(41-55(48-30-18-12-19-31-48)49-32-20-13-21-33-49)38-43(5)39-53(58)42-56(50-34-22-14-23-35-50)51-36-24-15-25-37-51;1-4-5-6-7-8(2)3;1-7-5-3-2-4-6-7/h9,11-39,54-56H,1,8,10,40-42H2,2-6H3;4-7H,2H2,1,3H3;2-6H,1H3/b45-9+,46-27-,57-44-;5-4-,7-6-;. The minimum Gasteiger partial charge on any atom is -0.128 e. The fourth-order valence-corrected chi connectivity index (χ4v) is 9.83. The fraction of sp³-hybridized carbons (Fsp3) is 0.219. The first-order valence-electron chi connectivity index (χ1n) is 26.4. The van der Waals surface area contributed by atoms with E-state index in [1.807, 2.05) is 56.4 Å². The number of aryl methyl sites for hydroxylation is 2. The van der Waals surface area contributed by atoms with Crippen LogP contribution < -0.4 is 0 Å². The first-order chi connectivity index (χ1) is 35.6. The summed E-state index contributed by atoms with van der Waals surface area (Å²) >= 11 is 0. The summed E-state index contributed by atoms with van der Waals surface area (Å²) in [5.41, 5.74) is 23.2. The van der Waals surface area contributed by atoms with Crippen LogP contribution in [0.5, 0.6) is 0 Å². The normalized spacial score (nSPS) is 12.4. The Morgan fingerprint density at radius 3 is 1.29 bits per heavy atom. The lowest BCUT2D eigenvalue weighted by Crippen LogP contribution is -2.13. The second kappa shape index (κ2) is 31.1. The largest absolute Gasteiger partial charge is 0.128 e. The third-order valence-corrected chi connectivity index (χ3v) is 13.3. The van der Waals surface area contributed by atoms with E-state index in [-0.39, 0.29) is 17.8 Å². The Balaban J connectivity index is 0.000000566. The lowest BCUT2D eigenvalue weighted by molar-refractivity contribution is 0.777. The first-order valence-corrected chi connectivity index (χ1v) is 26.4. The van der Waals surface area contributed by atoms with Crippen LogP contribution in [0.3, 0.4) is 0 Å². The van der Waals surface area contributed by atoms with E-state index in [9.17, 15) is 0 Å². The number of benzene rings is 7. The number of rotatable bonds is 19. The molecule has 0 saturated heterocycles. The molecule has 0 aliphatic heterocycles. The van der Waals surface area contributed by atoms with Crippen molar-refractivity contribution >= 4 is 5.57 Å². The topological polar surface area (TPSA) is 0 Å². The van der Waals surface area contributed by atoms with E-state index in [0.29, 0.717) is 0 Å². The van der Waals surface area contributed by atoms with E-state index >= 15 is 0 Å². The first kappa shape index (κ1) is 56.4. The molecule has 0 N–H and O–H groups in total. The monoisotopic (exact) mass is 957 g/mol. The Morgan fingerprint density at radius 2 is 0.959 bits per heavy atom. The summed E-state index contributed by atoms with van der Waals surface area (Å²) < 4.78 is 0. The summed E-state index contributed by atoms with van der Waals surface area (Å²) in [6.45, 7) is 25.2. The van der Waals surface area contributed by atoms with Crippen LogP contribution in [0.1, 0.15) is 134 Å². The minimum absolute atomic E-state index is 0.162. The fourth-order valence-electron chi connectivity index (χ4n) is 9.83. The molecule has 73 heavy (non-hydrogen) atoms. The summed E-state index contributed by atoms with van der Waals surface area (Å²) in [4.78, 5) is 0. The molecule has 7 aromatic carbocycles. The van der Waals surface area contributed by atoms with Crippen LogP contribution in [-0.4, -0.2) is 0 Å². The molecule has 372 valence electrons. The lowest BCUT2D eigenvalue weighted by atomic mass is 9.75. The van der Waals surface area contributed by atoms with Crippen LogP contribution in [0.4, 0.5) is 0 Å². The highest BCUT2D eigenvalue weighted by molar-refractivity contribution is 5.85. The Bertz CT molecular complexity index is 2730. The van der Waals surface area contributed by atoms with Crippen molar-refractivity contribution in [1.29, 1.82) is 0 Å². The molecule has 0 saturated carbocycles. The average Bonchev–Trinajstić information content (AvgIpc) is 3.42. The zero-order valence-electron chi connectivity index (χ0n) is 45.2. The lowest BCUT2D eigenvalue weighted by Gasteiger charge is -2.29. The maximum Gasteiger partial charge on any atom is 0.0130 e. The van der Waals surface area contributed by atoms with Gasteiger partial charge in [0.2, 0.25) is 0 Å². The van der Waals surface area contributed by atoms with E-state index in [4.69, 9.17) is 0 Å². The maximum atomic E-state index is 4.00. The summed E-state index contributed by atoms with van der Waals surface area (Å²) in [5, 5.41) is 0. The van der Waals surface area contributed by atoms with E-state index < -0.39 is 0 Å². The molecule has 7 rings (SSSR count). The van der Waals surface area contributed by atoms with Crippen molar-refractivity contribution in [2.24, 2.45) is 0 Å². The minimum atomic E-state index is 0.162. The highest BCUT2D eigenvalue weighted by Gasteiger charge is 2.27. The van der Waals surface area contributed by atoms with Crippen LogP contribution in [0, 0.1) is 13.8 Å². The van der Waals surface area contributed by atoms with Gasteiger partial charge in [0.05, 0.1) is 0 Å². The van der Waals surface area contributed by atoms with E-state index in [1.165, 1.54) is 77.9 Å². The van der Waals surface area contributed by atoms with Crippen molar-refractivity contribution in [3.63, 3.8) is 0 Å². The second-order valence-corrected chi connectivity index (χ2v) is 19.0. The van der Waals surface area contributed by atoms with Crippen molar-refractivity contribution in [3.8, 4) is 0 Å². The summed E-state index contributed by atoms with van der Waals surface area (Å²) in [6.07, 6.45) is 19.3. The van der Waals surface area contributed by atoms with Gasteiger partial charge in [0.1, 0.15) is 0 Å². The van der Waals surface area contributed by atoms with Crippen molar-refractivity contribution < 1.29 is 0 Å². The molecular formula is C73H80. The van der Waals surface area contributed by atoms with Gasteiger partial charge in [0.15, 0.2) is 0 Å². The van der Waals surface area contributed by atoms with Gasteiger partial charge < -0.3 is 0 Å². The second-order valence-electron chi connectivity index (χ2n) is 19.0. The molecule has 0 nitrogen and oxygen atoms in total. The van der Waals surface area contributed by atoms with Gasteiger partial charge in [-0.3, -0.25) is 0 Å². The summed E-state index contributed by atoms with van der Waals surface area (Å²) in [5.74, 6) is 0.553. The van der Waals surface area contributed by atoms with E-state index in [0.717, 1.165) is 37.7 Å². The summed E-state index contributed by atoms with van der Waals surface area (Å²) in [7, 11) is 0. The number of hydrogen-bond donors (Lipinski definition) is 0. The molecule has 0 amide bonds. The van der Waals surface area contributed by atoms with Gasteiger partial charge in [0.25, 0.3) is 0 Å². The third-order valence-electron chi connectivity index (χ3n) is 13.3. The predicted octanol–water partition coefficient (Wildman–Crippen LogP) is 20.4. The van der Waals surface area contributed by atoms with Gasteiger partial charge in [-0.05, 0) is 141 Å². The molecule has 0 radical (unpaired) electrons. The maximum absolute atomic E-state index is 4.00. The zero-order valence-corrected chi connectivity index (χ0v) is 45.2. The van der Waals surface area contributed by atoms with Crippen molar-refractivity contribution in [2.45, 2.75) is 105 Å². The molecule has 1 unspecified atom stereocenters. The van der Waals surface area contributed by atoms with E-state index in [1.54, 1.807) is 0 Å². The summed E-state index contributed by atoms with van der Waals surface area (Å²) in [6, 6.07) is 70.7. The molecule has 7 aromatic rings. The Hall–Kier alpha value is -7.50. The van der Waals surface area contributed by atoms with Gasteiger partial charge in [-0.2, -0.15) is 0 Å². The van der Waals surface area contributed by atoms with Gasteiger partial charge in [-0.1, -0.05) is 280 Å². The Kier molecular flexibility index (Phi) is 24.0. The SMILES string of the molecule is C=C(C)/C=C\C=C/C.C=C=C/C(=C\C)C(C/C(C)=C(/C(=C\CC)CC)c1c(CC(c2ccccc2)c2ccccc2)cc(C)cc1CC(c1ccccc1)c1ccccc1)c1ccccc1.Cc1ccccc1. The zero-order chi connectivity index (χ0) is 52.2. The molecule has 0 fully saturated rings. The molecule has 0 spiro atoms. The van der Waals surface area contributed by atoms with Crippen molar-refractivity contribution in [3.05, 3.63) is 333 Å². The predicted molar refractivity (Wildman–Crippen MR) is 321 cm³/mol. The van der Waals surface area contributed by atoms with Crippen molar-refractivity contribution in [1.82, 2.24) is 0 Å². The highest BCUT2D eigenvalue weighted by atomic mass is 14.3. The van der Waals surface area contributed by atoms with Crippen molar-refractivity contribution in [2.75, 3.05) is 0 Å². The van der Waals surface area contributed by atoms with Gasteiger partial charge in [0, 0.05) is 17.8 Å². The quantitative estimate of drug-likeness (QED) is 0.0560. The third kappa shape index (κ3) is 17.6. The van der Waals surface area contributed by atoms with Crippen LogP contribution in [0.15, 0.2) is 278 Å². The van der Waals surface area contributed by atoms with Gasteiger partial charge in [-0.25, -0.2) is 0 Å². The Morgan fingerprint density at radius 1 is 0.548 bits per heavy atom. The molecule has 0 heterocycles. The molecule has 1 atom stereocenters. The van der Waals surface area contributed by atoms with E-state index in [2.05, 4.69) is 255 Å². The smallest absolute Gasteiger partial charge is 0.0130 e. The molecule has 0 bridgehead atoms. The molecule has 0 aliphatic carbocycles. The van der Waals surface area contributed by atoms with Crippen LogP contribution >= 0.6 is 0 Å². The molecule has 0 aromatic heterocycles. The number of hydrogen-bond acceptors (Lipinski definition) is 0. The van der Waals surface area contributed by atoms with Crippen LogP contribution in [-0.2, 0) is 12.8 Å². The average molecular weight is 957 g/mol. The molecular weight excluding hydrogens is 877 g/mol. The number of allylic oxidation sites excluding steroid dienone is 12.